The second kappa shape index (κ2) is 13.2. The quantitative estimate of drug-likeness (QED) is 0.181. The van der Waals surface area contributed by atoms with Crippen LogP contribution in [0.25, 0.3) is 10.9 Å². The predicted molar refractivity (Wildman–Crippen MR) is 179 cm³/mol. The molecule has 3 aromatic carbocycles. The summed E-state index contributed by atoms with van der Waals surface area (Å²) in [5.41, 5.74) is 2.65. The molecule has 0 N–H and O–H groups in total. The summed E-state index contributed by atoms with van der Waals surface area (Å²) in [4.78, 5) is 48.2. The van der Waals surface area contributed by atoms with Crippen LogP contribution in [0.3, 0.4) is 0 Å². The number of likely N-dealkylation sites (N-methyl/N-ethyl adjacent to an activating group) is 1. The Morgan fingerprint density at radius 3 is 2.00 bits per heavy atom. The molecule has 1 saturated carbocycles. The van der Waals surface area contributed by atoms with Gasteiger partial charge < -0.3 is 19.1 Å². The monoisotopic (exact) mass is 635 g/mol. The average molecular weight is 636 g/mol. The molecule has 0 spiro atoms. The minimum Gasteiger partial charge on any atom is -0.493 e. The molecule has 1 aliphatic carbocycles. The zero-order chi connectivity index (χ0) is 33.3. The maximum atomic E-state index is 13.3. The molecule has 0 radical (unpaired) electrons. The molecular weight excluding hydrogens is 594 g/mol. The number of aromatic nitrogens is 1. The first kappa shape index (κ1) is 32.2. The topological polar surface area (TPSA) is 98.3 Å². The standard InChI is InChI=1S/C38H41N3O6/c1-24-6-8-27(9-7-24)18-35(42)38(15-16-38)36(43)19-28-10-12-29(13-11-28)46-32-14-17-39-31-21-33(45-5)34(20-30(31)32)47-37(44)41-25(2)22-40(4)23-26(41)3/h6-14,17,20-21,25-26H,15-16,18-19,22-23H2,1-5H3/t25-,26+. The number of ketones is 2. The number of hydrogen-bond donors (Lipinski definition) is 0. The predicted octanol–water partition coefficient (Wildman–Crippen LogP) is 6.57. The Bertz CT molecular complexity index is 1790. The van der Waals surface area contributed by atoms with Gasteiger partial charge in [-0.2, -0.15) is 0 Å². The van der Waals surface area contributed by atoms with Gasteiger partial charge in [0.05, 0.1) is 18.0 Å². The smallest absolute Gasteiger partial charge is 0.415 e. The zero-order valence-electron chi connectivity index (χ0n) is 27.6. The van der Waals surface area contributed by atoms with Crippen LogP contribution in [-0.4, -0.2) is 71.8 Å². The Morgan fingerprint density at radius 1 is 0.830 bits per heavy atom. The Morgan fingerprint density at radius 2 is 1.43 bits per heavy atom. The van der Waals surface area contributed by atoms with Crippen molar-refractivity contribution in [2.45, 2.75) is 58.5 Å². The fraction of sp³-hybridized carbons (Fsp3) is 0.368. The van der Waals surface area contributed by atoms with Crippen LogP contribution in [0.5, 0.6) is 23.0 Å². The molecular formula is C38H41N3O6. The second-order valence-corrected chi connectivity index (χ2v) is 13.0. The van der Waals surface area contributed by atoms with Gasteiger partial charge >= 0.3 is 6.09 Å². The number of amides is 1. The lowest BCUT2D eigenvalue weighted by atomic mass is 9.88. The van der Waals surface area contributed by atoms with Gasteiger partial charge in [-0.25, -0.2) is 4.79 Å². The molecule has 1 aromatic heterocycles. The first-order chi connectivity index (χ1) is 22.6. The molecule has 1 saturated heterocycles. The highest BCUT2D eigenvalue weighted by atomic mass is 16.6. The second-order valence-electron chi connectivity index (χ2n) is 13.0. The summed E-state index contributed by atoms with van der Waals surface area (Å²) in [6, 6.07) is 20.4. The van der Waals surface area contributed by atoms with Gasteiger partial charge in [0.1, 0.15) is 11.5 Å². The third-order valence-corrected chi connectivity index (χ3v) is 9.32. The Hall–Kier alpha value is -4.76. The van der Waals surface area contributed by atoms with Crippen LogP contribution in [-0.2, 0) is 22.4 Å². The number of Topliss-reactive ketones (excluding diaryl/α,β-unsaturated/α-hetero) is 2. The van der Waals surface area contributed by atoms with Gasteiger partial charge in [-0.3, -0.25) is 19.5 Å². The third-order valence-electron chi connectivity index (χ3n) is 9.32. The number of aryl methyl sites for hydroxylation is 1. The van der Waals surface area contributed by atoms with E-state index in [0.29, 0.717) is 41.0 Å². The number of ether oxygens (including phenoxy) is 3. The summed E-state index contributed by atoms with van der Waals surface area (Å²) < 4.78 is 17.7. The fourth-order valence-corrected chi connectivity index (χ4v) is 6.61. The number of piperazine rings is 1. The van der Waals surface area contributed by atoms with E-state index in [1.54, 1.807) is 29.3 Å². The van der Waals surface area contributed by atoms with Gasteiger partial charge in [0.15, 0.2) is 23.1 Å². The van der Waals surface area contributed by atoms with Crippen LogP contribution in [0.15, 0.2) is 72.9 Å². The Kier molecular flexibility index (Phi) is 9.01. The Balaban J connectivity index is 1.15. The van der Waals surface area contributed by atoms with Crippen LogP contribution in [0.2, 0.25) is 0 Å². The number of rotatable bonds is 10. The van der Waals surface area contributed by atoms with Crippen LogP contribution >= 0.6 is 0 Å². The van der Waals surface area contributed by atoms with E-state index in [2.05, 4.69) is 9.88 Å². The molecule has 6 rings (SSSR count). The molecule has 4 aromatic rings. The van der Waals surface area contributed by atoms with Crippen molar-refractivity contribution in [2.75, 3.05) is 27.2 Å². The maximum Gasteiger partial charge on any atom is 0.415 e. The van der Waals surface area contributed by atoms with Gasteiger partial charge in [0.2, 0.25) is 0 Å². The minimum absolute atomic E-state index is 0.00417. The molecule has 2 heterocycles. The summed E-state index contributed by atoms with van der Waals surface area (Å²) in [5, 5.41) is 0.651. The fourth-order valence-electron chi connectivity index (χ4n) is 6.61. The molecule has 47 heavy (non-hydrogen) atoms. The molecule has 0 bridgehead atoms. The van der Waals surface area contributed by atoms with E-state index in [-0.39, 0.29) is 42.2 Å². The molecule has 2 aliphatic rings. The summed E-state index contributed by atoms with van der Waals surface area (Å²) in [6.45, 7) is 7.55. The lowest BCUT2D eigenvalue weighted by molar-refractivity contribution is -0.133. The van der Waals surface area contributed by atoms with Crippen molar-refractivity contribution in [2.24, 2.45) is 5.41 Å². The molecule has 9 heteroatoms. The SMILES string of the molecule is COc1cc2nccc(Oc3ccc(CC(=O)C4(C(=O)Cc5ccc(C)cc5)CC4)cc3)c2cc1OC(=O)N1[C@H](C)CN(C)C[C@@H]1C. The number of carbonyl (C=O) groups excluding carboxylic acids is 3. The zero-order valence-corrected chi connectivity index (χ0v) is 27.6. The van der Waals surface area contributed by atoms with Gasteiger partial charge in [0.25, 0.3) is 0 Å². The minimum atomic E-state index is -0.862. The molecule has 2 fully saturated rings. The van der Waals surface area contributed by atoms with Crippen LogP contribution in [0, 0.1) is 12.3 Å². The Labute approximate surface area is 275 Å². The summed E-state index contributed by atoms with van der Waals surface area (Å²) in [5.74, 6) is 1.74. The van der Waals surface area contributed by atoms with Crippen molar-refractivity contribution in [3.05, 3.63) is 89.6 Å². The van der Waals surface area contributed by atoms with Crippen LogP contribution < -0.4 is 14.2 Å². The number of hydrogen-bond acceptors (Lipinski definition) is 8. The van der Waals surface area contributed by atoms with Crippen molar-refractivity contribution in [1.82, 2.24) is 14.8 Å². The first-order valence-electron chi connectivity index (χ1n) is 16.1. The molecule has 244 valence electrons. The lowest BCUT2D eigenvalue weighted by Crippen LogP contribution is -2.58. The third kappa shape index (κ3) is 6.86. The van der Waals surface area contributed by atoms with E-state index in [1.165, 1.54) is 7.11 Å². The van der Waals surface area contributed by atoms with E-state index in [0.717, 1.165) is 29.8 Å². The summed E-state index contributed by atoms with van der Waals surface area (Å²) in [7, 11) is 3.57. The number of pyridine rings is 1. The van der Waals surface area contributed by atoms with E-state index in [4.69, 9.17) is 14.2 Å². The van der Waals surface area contributed by atoms with Crippen molar-refractivity contribution >= 4 is 28.6 Å². The molecule has 1 amide bonds. The van der Waals surface area contributed by atoms with E-state index in [9.17, 15) is 14.4 Å². The number of nitrogens with zero attached hydrogens (tertiary/aromatic N) is 3. The number of benzene rings is 3. The van der Waals surface area contributed by atoms with E-state index < -0.39 is 11.5 Å². The normalized spacial score (nSPS) is 18.9. The summed E-state index contributed by atoms with van der Waals surface area (Å²) in [6.07, 6.45) is 2.91. The van der Waals surface area contributed by atoms with E-state index >= 15 is 0 Å². The van der Waals surface area contributed by atoms with Gasteiger partial charge in [-0.05, 0) is 76.1 Å². The van der Waals surface area contributed by atoms with Gasteiger partial charge in [0, 0.05) is 55.7 Å². The largest absolute Gasteiger partial charge is 0.493 e. The average Bonchev–Trinajstić information content (AvgIpc) is 3.85. The first-order valence-corrected chi connectivity index (χ1v) is 16.1. The number of fused-ring (bicyclic) bond motifs is 1. The van der Waals surface area contributed by atoms with Crippen LogP contribution in [0.1, 0.15) is 43.4 Å². The van der Waals surface area contributed by atoms with Crippen molar-refractivity contribution in [3.63, 3.8) is 0 Å². The maximum absolute atomic E-state index is 13.3. The molecule has 2 atom stereocenters. The summed E-state index contributed by atoms with van der Waals surface area (Å²) >= 11 is 0. The highest BCUT2D eigenvalue weighted by Crippen LogP contribution is 2.49. The lowest BCUT2D eigenvalue weighted by Gasteiger charge is -2.42. The van der Waals surface area contributed by atoms with Gasteiger partial charge in [-0.15, -0.1) is 0 Å². The van der Waals surface area contributed by atoms with E-state index in [1.807, 2.05) is 76.3 Å². The molecule has 9 nitrogen and oxygen atoms in total. The highest BCUT2D eigenvalue weighted by Gasteiger charge is 2.54. The number of methoxy groups -OCH3 is 1. The van der Waals surface area contributed by atoms with Gasteiger partial charge in [-0.1, -0.05) is 42.0 Å². The molecule has 1 aliphatic heterocycles. The van der Waals surface area contributed by atoms with Crippen molar-refractivity contribution < 1.29 is 28.6 Å². The van der Waals surface area contributed by atoms with Crippen LogP contribution in [0.4, 0.5) is 4.79 Å². The van der Waals surface area contributed by atoms with Crippen molar-refractivity contribution in [1.29, 1.82) is 0 Å². The highest BCUT2D eigenvalue weighted by molar-refractivity contribution is 6.11. The number of carbonyl (C=O) groups is 3. The van der Waals surface area contributed by atoms with Crippen molar-refractivity contribution in [3.8, 4) is 23.0 Å². The molecule has 0 unspecified atom stereocenters.